The third-order valence-electron chi connectivity index (χ3n) is 11.1. The molecule has 4 aliphatic carbocycles. The van der Waals surface area contributed by atoms with Crippen molar-refractivity contribution in [2.24, 2.45) is 17.3 Å². The number of amides is 1. The number of hydrogen-bond donors (Lipinski definition) is 2. The van der Waals surface area contributed by atoms with Crippen molar-refractivity contribution in [1.82, 2.24) is 0 Å². The van der Waals surface area contributed by atoms with Gasteiger partial charge in [0.2, 0.25) is 0 Å². The smallest absolute Gasteiger partial charge is 0.414 e. The topological polar surface area (TPSA) is 88.5 Å². The molecule has 1 spiro atoms. The highest BCUT2D eigenvalue weighted by Gasteiger charge is 2.64. The Labute approximate surface area is 250 Å². The number of fused-ring (bicyclic) bond motifs is 4. The van der Waals surface area contributed by atoms with Crippen LogP contribution in [0, 0.1) is 29.1 Å². The van der Waals surface area contributed by atoms with Crippen LogP contribution in [0.15, 0.2) is 35.4 Å². The average Bonchev–Trinajstić information content (AvgIpc) is 3.47. The van der Waals surface area contributed by atoms with E-state index >= 15 is 0 Å². The zero-order valence-corrected chi connectivity index (χ0v) is 26.1. The highest BCUT2D eigenvalue weighted by Crippen LogP contribution is 2.67. The molecule has 6 rings (SSSR count). The van der Waals surface area contributed by atoms with Gasteiger partial charge in [-0.05, 0) is 101 Å². The standard InChI is InChI=1S/C35H47NO6/c1-7-15-34(39)17-13-27-25-12-16-33(38)22-35(40-19-20-41-35)18-14-28(33)29(25)26(21-32(27,34)5)23-8-10-24(11-9-23)36(6)30(37)42-31(2,3)4/h8-11,25-27,38-39H,12-14,16-22H2,1-6H3/t25?,26-,27?,32+,33-,34+/m1/s1. The Morgan fingerprint density at radius 1 is 1.07 bits per heavy atom. The molecule has 0 radical (unpaired) electrons. The van der Waals surface area contributed by atoms with E-state index in [2.05, 4.69) is 30.9 Å². The summed E-state index contributed by atoms with van der Waals surface area (Å²) in [4.78, 5) is 14.3. The Kier molecular flexibility index (Phi) is 7.13. The fourth-order valence-electron chi connectivity index (χ4n) is 9.09. The molecule has 1 aromatic carbocycles. The normalized spacial score (nSPS) is 36.9. The van der Waals surface area contributed by atoms with Crippen molar-refractivity contribution in [3.05, 3.63) is 41.0 Å². The van der Waals surface area contributed by atoms with E-state index in [1.807, 2.05) is 39.8 Å². The van der Waals surface area contributed by atoms with Crippen molar-refractivity contribution in [3.63, 3.8) is 0 Å². The van der Waals surface area contributed by atoms with Gasteiger partial charge >= 0.3 is 6.09 Å². The lowest BCUT2D eigenvalue weighted by molar-refractivity contribution is -0.208. The number of hydrogen-bond acceptors (Lipinski definition) is 6. The molecule has 228 valence electrons. The SMILES string of the molecule is CC#C[C@]1(O)CCC2C3CC[C@@]4(O)CC5(CCC4=C3[C@@H](c3ccc(N(C)C(=O)OC(C)(C)C)cc3)C[C@@]21C)OCCO5. The minimum atomic E-state index is -1.03. The number of ether oxygens (including phenoxy) is 3. The first-order valence-corrected chi connectivity index (χ1v) is 15.7. The molecule has 0 bridgehead atoms. The largest absolute Gasteiger partial charge is 0.443 e. The fourth-order valence-corrected chi connectivity index (χ4v) is 9.09. The van der Waals surface area contributed by atoms with Crippen LogP contribution in [-0.2, 0) is 14.2 Å². The summed E-state index contributed by atoms with van der Waals surface area (Å²) >= 11 is 0. The molecule has 7 nitrogen and oxygen atoms in total. The summed E-state index contributed by atoms with van der Waals surface area (Å²) in [5.41, 5.74) is 1.50. The second-order valence-corrected chi connectivity index (χ2v) is 14.6. The Bertz CT molecular complexity index is 1330. The van der Waals surface area contributed by atoms with Gasteiger partial charge in [-0.2, -0.15) is 0 Å². The first-order chi connectivity index (χ1) is 19.7. The molecule has 4 fully saturated rings. The second-order valence-electron chi connectivity index (χ2n) is 14.6. The molecule has 2 unspecified atom stereocenters. The number of nitrogens with zero attached hydrogens (tertiary/aromatic N) is 1. The molecular weight excluding hydrogens is 530 g/mol. The van der Waals surface area contributed by atoms with E-state index < -0.39 is 28.7 Å². The highest BCUT2D eigenvalue weighted by atomic mass is 16.7. The second kappa shape index (κ2) is 10.1. The van der Waals surface area contributed by atoms with Crippen molar-refractivity contribution in [2.75, 3.05) is 25.2 Å². The van der Waals surface area contributed by atoms with Gasteiger partial charge in [-0.15, -0.1) is 5.92 Å². The lowest BCUT2D eigenvalue weighted by Crippen LogP contribution is -2.55. The first kappa shape index (κ1) is 29.7. The molecule has 1 heterocycles. The number of anilines is 1. The lowest BCUT2D eigenvalue weighted by atomic mass is 9.49. The molecule has 1 amide bonds. The Balaban J connectivity index is 1.41. The molecule has 1 aromatic rings. The van der Waals surface area contributed by atoms with E-state index in [9.17, 15) is 15.0 Å². The molecule has 0 aromatic heterocycles. The van der Waals surface area contributed by atoms with Gasteiger partial charge in [0, 0.05) is 36.9 Å². The third-order valence-corrected chi connectivity index (χ3v) is 11.1. The molecule has 3 saturated carbocycles. The molecule has 2 N–H and O–H groups in total. The van der Waals surface area contributed by atoms with Gasteiger partial charge < -0.3 is 24.4 Å². The zero-order valence-electron chi connectivity index (χ0n) is 26.1. The summed E-state index contributed by atoms with van der Waals surface area (Å²) in [5.74, 6) is 6.19. The van der Waals surface area contributed by atoms with Crippen LogP contribution in [0.2, 0.25) is 0 Å². The predicted octanol–water partition coefficient (Wildman–Crippen LogP) is 6.08. The van der Waals surface area contributed by atoms with Crippen LogP contribution in [0.25, 0.3) is 0 Å². The molecule has 1 saturated heterocycles. The van der Waals surface area contributed by atoms with Gasteiger partial charge in [0.1, 0.15) is 11.2 Å². The van der Waals surface area contributed by atoms with E-state index in [4.69, 9.17) is 14.2 Å². The Morgan fingerprint density at radius 3 is 2.40 bits per heavy atom. The molecule has 6 atom stereocenters. The minimum absolute atomic E-state index is 0.0294. The van der Waals surface area contributed by atoms with Gasteiger partial charge in [0.05, 0.1) is 18.8 Å². The summed E-state index contributed by atoms with van der Waals surface area (Å²) in [6, 6.07) is 8.17. The number of carbonyl (C=O) groups excluding carboxylic acids is 1. The molecule has 5 aliphatic rings. The highest BCUT2D eigenvalue weighted by molar-refractivity contribution is 5.87. The summed E-state index contributed by atoms with van der Waals surface area (Å²) in [6.45, 7) is 10.8. The quantitative estimate of drug-likeness (QED) is 0.327. The maximum atomic E-state index is 12.7. The number of carbonyl (C=O) groups is 1. The Hall–Kier alpha value is -2.37. The summed E-state index contributed by atoms with van der Waals surface area (Å²) in [5, 5.41) is 24.2. The van der Waals surface area contributed by atoms with Crippen LogP contribution in [0.4, 0.5) is 10.5 Å². The van der Waals surface area contributed by atoms with Gasteiger partial charge in [-0.3, -0.25) is 4.90 Å². The van der Waals surface area contributed by atoms with Gasteiger partial charge in [0.15, 0.2) is 5.79 Å². The van der Waals surface area contributed by atoms with Gasteiger partial charge in [-0.1, -0.05) is 30.6 Å². The number of aliphatic hydroxyl groups is 2. The zero-order chi connectivity index (χ0) is 30.1. The summed E-state index contributed by atoms with van der Waals surface area (Å²) in [6.07, 6.45) is 5.51. The van der Waals surface area contributed by atoms with Gasteiger partial charge in [-0.25, -0.2) is 4.79 Å². The van der Waals surface area contributed by atoms with Crippen molar-refractivity contribution in [2.45, 2.75) is 114 Å². The van der Waals surface area contributed by atoms with Crippen LogP contribution >= 0.6 is 0 Å². The maximum absolute atomic E-state index is 12.7. The van der Waals surface area contributed by atoms with Crippen LogP contribution in [0.3, 0.4) is 0 Å². The van der Waals surface area contributed by atoms with Crippen molar-refractivity contribution < 1.29 is 29.2 Å². The van der Waals surface area contributed by atoms with E-state index in [-0.39, 0.29) is 17.3 Å². The van der Waals surface area contributed by atoms with Crippen LogP contribution in [0.1, 0.15) is 97.5 Å². The van der Waals surface area contributed by atoms with E-state index in [0.717, 1.165) is 43.4 Å². The average molecular weight is 578 g/mol. The van der Waals surface area contributed by atoms with E-state index in [1.165, 1.54) is 16.0 Å². The van der Waals surface area contributed by atoms with Gasteiger partial charge in [0.25, 0.3) is 0 Å². The summed E-state index contributed by atoms with van der Waals surface area (Å²) < 4.78 is 17.7. The van der Waals surface area contributed by atoms with Crippen molar-refractivity contribution in [1.29, 1.82) is 0 Å². The van der Waals surface area contributed by atoms with Crippen molar-refractivity contribution >= 4 is 11.8 Å². The fraction of sp³-hybridized carbons (Fsp3) is 0.686. The molecular formula is C35H47NO6. The van der Waals surface area contributed by atoms with Crippen LogP contribution in [-0.4, -0.2) is 59.2 Å². The van der Waals surface area contributed by atoms with Crippen molar-refractivity contribution in [3.8, 4) is 11.8 Å². The Morgan fingerprint density at radius 2 is 1.76 bits per heavy atom. The lowest BCUT2D eigenvalue weighted by Gasteiger charge is -2.57. The first-order valence-electron chi connectivity index (χ1n) is 15.7. The number of benzene rings is 1. The molecule has 7 heteroatoms. The van der Waals surface area contributed by atoms with Crippen LogP contribution < -0.4 is 4.90 Å². The predicted molar refractivity (Wildman–Crippen MR) is 161 cm³/mol. The summed E-state index contributed by atoms with van der Waals surface area (Å²) in [7, 11) is 1.73. The van der Waals surface area contributed by atoms with Crippen LogP contribution in [0.5, 0.6) is 0 Å². The third kappa shape index (κ3) is 4.70. The number of rotatable bonds is 2. The van der Waals surface area contributed by atoms with E-state index in [1.54, 1.807) is 7.05 Å². The molecule has 1 aliphatic heterocycles. The van der Waals surface area contributed by atoms with E-state index in [0.29, 0.717) is 38.4 Å². The maximum Gasteiger partial charge on any atom is 0.414 e. The molecule has 42 heavy (non-hydrogen) atoms. The monoisotopic (exact) mass is 577 g/mol. The number of allylic oxidation sites excluding steroid dienone is 1. The minimum Gasteiger partial charge on any atom is -0.443 e.